The zero-order chi connectivity index (χ0) is 18.1. The van der Waals surface area contributed by atoms with Gasteiger partial charge in [0.1, 0.15) is 5.65 Å². The minimum atomic E-state index is 0.734. The summed E-state index contributed by atoms with van der Waals surface area (Å²) < 4.78 is 2.08. The van der Waals surface area contributed by atoms with Crippen molar-refractivity contribution >= 4 is 17.2 Å². The molecule has 4 aromatic rings. The third kappa shape index (κ3) is 3.50. The third-order valence-corrected chi connectivity index (χ3v) is 4.60. The predicted octanol–water partition coefficient (Wildman–Crippen LogP) is 5.38. The molecule has 2 aromatic heterocycles. The smallest absolute Gasteiger partial charge is 0.137 e. The highest BCUT2D eigenvalue weighted by Gasteiger charge is 2.07. The van der Waals surface area contributed by atoms with Gasteiger partial charge in [-0.15, -0.1) is 0 Å². The lowest BCUT2D eigenvalue weighted by Gasteiger charge is -2.11. The van der Waals surface area contributed by atoms with Gasteiger partial charge in [0.25, 0.3) is 0 Å². The Balaban J connectivity index is 1.71. The Kier molecular flexibility index (Phi) is 4.49. The van der Waals surface area contributed by atoms with E-state index in [1.165, 1.54) is 16.7 Å². The molecule has 130 valence electrons. The van der Waals surface area contributed by atoms with Crippen LogP contribution in [-0.4, -0.2) is 28.4 Å². The van der Waals surface area contributed by atoms with Crippen molar-refractivity contribution in [2.24, 2.45) is 0 Å². The Labute approximate surface area is 158 Å². The molecule has 26 heavy (non-hydrogen) atoms. The van der Waals surface area contributed by atoms with Gasteiger partial charge in [0.2, 0.25) is 0 Å². The summed E-state index contributed by atoms with van der Waals surface area (Å²) in [5.41, 5.74) is 6.64. The molecular weight excluding hydrogens is 342 g/mol. The molecule has 0 N–H and O–H groups in total. The maximum Gasteiger partial charge on any atom is 0.137 e. The van der Waals surface area contributed by atoms with Gasteiger partial charge in [0.15, 0.2) is 0 Å². The fourth-order valence-electron chi connectivity index (χ4n) is 3.14. The van der Waals surface area contributed by atoms with E-state index in [9.17, 15) is 0 Å². The molecule has 0 spiro atoms. The molecule has 0 radical (unpaired) electrons. The Morgan fingerprint density at radius 3 is 2.42 bits per heavy atom. The standard InChI is InChI=1S/C22H20ClN3/c1-25(2)13-16-4-3-5-18(12-16)19-8-11-22-24-21(15-26(22)14-19)17-6-9-20(23)10-7-17/h3-12,14-15H,13H2,1-2H3. The average Bonchev–Trinajstić information content (AvgIpc) is 3.05. The zero-order valence-electron chi connectivity index (χ0n) is 14.9. The first-order chi connectivity index (χ1) is 12.6. The summed E-state index contributed by atoms with van der Waals surface area (Å²) in [6.07, 6.45) is 4.20. The number of rotatable bonds is 4. The van der Waals surface area contributed by atoms with E-state index < -0.39 is 0 Å². The van der Waals surface area contributed by atoms with Crippen molar-refractivity contribution in [1.82, 2.24) is 14.3 Å². The Morgan fingerprint density at radius 2 is 1.65 bits per heavy atom. The molecule has 2 aromatic carbocycles. The van der Waals surface area contributed by atoms with Gasteiger partial charge in [-0.05, 0) is 61.1 Å². The van der Waals surface area contributed by atoms with E-state index >= 15 is 0 Å². The summed E-state index contributed by atoms with van der Waals surface area (Å²) in [5, 5.41) is 0.734. The summed E-state index contributed by atoms with van der Waals surface area (Å²) in [5.74, 6) is 0. The minimum absolute atomic E-state index is 0.734. The summed E-state index contributed by atoms with van der Waals surface area (Å²) in [7, 11) is 4.17. The predicted molar refractivity (Wildman–Crippen MR) is 108 cm³/mol. The normalized spacial score (nSPS) is 11.4. The van der Waals surface area contributed by atoms with Gasteiger partial charge in [-0.1, -0.05) is 41.9 Å². The van der Waals surface area contributed by atoms with Crippen LogP contribution in [0.1, 0.15) is 5.56 Å². The van der Waals surface area contributed by atoms with Crippen LogP contribution in [-0.2, 0) is 6.54 Å². The second kappa shape index (κ2) is 6.94. The largest absolute Gasteiger partial charge is 0.306 e. The van der Waals surface area contributed by atoms with Crippen molar-refractivity contribution in [3.63, 3.8) is 0 Å². The van der Waals surface area contributed by atoms with Crippen LogP contribution in [0, 0.1) is 0 Å². The fraction of sp³-hybridized carbons (Fsp3) is 0.136. The highest BCUT2D eigenvalue weighted by molar-refractivity contribution is 6.30. The van der Waals surface area contributed by atoms with E-state index in [1.54, 1.807) is 0 Å². The van der Waals surface area contributed by atoms with Crippen molar-refractivity contribution in [3.05, 3.63) is 83.6 Å². The topological polar surface area (TPSA) is 20.5 Å². The molecule has 0 amide bonds. The van der Waals surface area contributed by atoms with E-state index in [0.717, 1.165) is 28.5 Å². The van der Waals surface area contributed by atoms with Crippen LogP contribution in [0.15, 0.2) is 73.1 Å². The Hall–Kier alpha value is -2.62. The van der Waals surface area contributed by atoms with Gasteiger partial charge >= 0.3 is 0 Å². The van der Waals surface area contributed by atoms with Gasteiger partial charge in [0, 0.05) is 29.5 Å². The molecule has 0 aliphatic heterocycles. The molecule has 0 bridgehead atoms. The number of imidazole rings is 1. The van der Waals surface area contributed by atoms with Gasteiger partial charge in [-0.2, -0.15) is 0 Å². The van der Waals surface area contributed by atoms with E-state index in [1.807, 2.05) is 24.3 Å². The average molecular weight is 362 g/mol. The number of hydrogen-bond donors (Lipinski definition) is 0. The van der Waals surface area contributed by atoms with Crippen LogP contribution in [0.5, 0.6) is 0 Å². The molecular formula is C22H20ClN3. The van der Waals surface area contributed by atoms with E-state index in [0.29, 0.717) is 0 Å². The molecule has 4 heteroatoms. The fourth-order valence-corrected chi connectivity index (χ4v) is 3.26. The summed E-state index contributed by atoms with van der Waals surface area (Å²) >= 11 is 5.98. The lowest BCUT2D eigenvalue weighted by atomic mass is 10.0. The zero-order valence-corrected chi connectivity index (χ0v) is 15.6. The number of pyridine rings is 1. The molecule has 0 atom stereocenters. The SMILES string of the molecule is CN(C)Cc1cccc(-c2ccc3nc(-c4ccc(Cl)cc4)cn3c2)c1. The van der Waals surface area contributed by atoms with Crippen LogP contribution >= 0.6 is 11.6 Å². The number of nitrogens with zero attached hydrogens (tertiary/aromatic N) is 3. The second-order valence-electron chi connectivity index (χ2n) is 6.75. The summed E-state index contributed by atoms with van der Waals surface area (Å²) in [4.78, 5) is 6.89. The summed E-state index contributed by atoms with van der Waals surface area (Å²) in [6, 6.07) is 20.6. The first kappa shape index (κ1) is 16.8. The van der Waals surface area contributed by atoms with Crippen LogP contribution in [0.4, 0.5) is 0 Å². The Bertz CT molecular complexity index is 1050. The van der Waals surface area contributed by atoms with Crippen molar-refractivity contribution in [3.8, 4) is 22.4 Å². The third-order valence-electron chi connectivity index (χ3n) is 4.35. The molecule has 0 saturated carbocycles. The van der Waals surface area contributed by atoms with Crippen molar-refractivity contribution in [2.45, 2.75) is 6.54 Å². The quantitative estimate of drug-likeness (QED) is 0.486. The number of aromatic nitrogens is 2. The lowest BCUT2D eigenvalue weighted by Crippen LogP contribution is -2.10. The van der Waals surface area contributed by atoms with Crippen molar-refractivity contribution < 1.29 is 0 Å². The maximum absolute atomic E-state index is 5.98. The van der Waals surface area contributed by atoms with Crippen molar-refractivity contribution in [2.75, 3.05) is 14.1 Å². The van der Waals surface area contributed by atoms with Crippen LogP contribution < -0.4 is 0 Å². The summed E-state index contributed by atoms with van der Waals surface area (Å²) in [6.45, 7) is 0.932. The van der Waals surface area contributed by atoms with Crippen molar-refractivity contribution in [1.29, 1.82) is 0 Å². The highest BCUT2D eigenvalue weighted by Crippen LogP contribution is 2.25. The molecule has 0 aliphatic carbocycles. The van der Waals surface area contributed by atoms with Crippen LogP contribution in [0.2, 0.25) is 5.02 Å². The van der Waals surface area contributed by atoms with E-state index in [2.05, 4.69) is 72.2 Å². The number of halogens is 1. The Morgan fingerprint density at radius 1 is 0.885 bits per heavy atom. The van der Waals surface area contributed by atoms with Crippen LogP contribution in [0.3, 0.4) is 0 Å². The van der Waals surface area contributed by atoms with Gasteiger partial charge in [0.05, 0.1) is 5.69 Å². The minimum Gasteiger partial charge on any atom is -0.306 e. The van der Waals surface area contributed by atoms with E-state index in [-0.39, 0.29) is 0 Å². The second-order valence-corrected chi connectivity index (χ2v) is 7.19. The molecule has 4 rings (SSSR count). The van der Waals surface area contributed by atoms with Gasteiger partial charge in [-0.25, -0.2) is 4.98 Å². The van der Waals surface area contributed by atoms with E-state index in [4.69, 9.17) is 16.6 Å². The molecule has 2 heterocycles. The first-order valence-electron chi connectivity index (χ1n) is 8.57. The first-order valence-corrected chi connectivity index (χ1v) is 8.95. The molecule has 0 unspecified atom stereocenters. The molecule has 0 saturated heterocycles. The van der Waals surface area contributed by atoms with Crippen LogP contribution in [0.25, 0.3) is 28.0 Å². The monoisotopic (exact) mass is 361 g/mol. The van der Waals surface area contributed by atoms with Gasteiger partial charge < -0.3 is 9.30 Å². The maximum atomic E-state index is 5.98. The molecule has 3 nitrogen and oxygen atoms in total. The molecule has 0 fully saturated rings. The highest BCUT2D eigenvalue weighted by atomic mass is 35.5. The number of benzene rings is 2. The number of fused-ring (bicyclic) bond motifs is 1. The lowest BCUT2D eigenvalue weighted by molar-refractivity contribution is 0.402. The number of hydrogen-bond acceptors (Lipinski definition) is 2. The molecule has 0 aliphatic rings. The van der Waals surface area contributed by atoms with Gasteiger partial charge in [-0.3, -0.25) is 0 Å².